The summed E-state index contributed by atoms with van der Waals surface area (Å²) in [4.78, 5) is 10.5. The van der Waals surface area contributed by atoms with Gasteiger partial charge in [-0.15, -0.1) is 0 Å². The quantitative estimate of drug-likeness (QED) is 0.779. The van der Waals surface area contributed by atoms with Gasteiger partial charge >= 0.3 is 6.61 Å². The molecule has 0 atom stereocenters. The summed E-state index contributed by atoms with van der Waals surface area (Å²) in [6.07, 6.45) is 0.128. The Morgan fingerprint density at radius 3 is 2.75 bits per heavy atom. The van der Waals surface area contributed by atoms with Gasteiger partial charge in [-0.05, 0) is 12.1 Å². The zero-order valence-corrected chi connectivity index (χ0v) is 8.45. The number of amides is 1. The molecule has 16 heavy (non-hydrogen) atoms. The predicted octanol–water partition coefficient (Wildman–Crippen LogP) is 1.58. The maximum atomic E-state index is 12.0. The number of carbonyl (C=O) groups excluding carboxylic acids is 1. The van der Waals surface area contributed by atoms with E-state index in [1.165, 1.54) is 6.07 Å². The molecule has 3 N–H and O–H groups in total. The van der Waals surface area contributed by atoms with Crippen LogP contribution >= 0.6 is 0 Å². The second-order valence-corrected chi connectivity index (χ2v) is 3.02. The van der Waals surface area contributed by atoms with Gasteiger partial charge < -0.3 is 15.8 Å². The third kappa shape index (κ3) is 4.12. The standard InChI is InChI=1S/C10H12F2N2O2/c11-10(12)16-8-4-2-1-3-7(8)14-6-5-9(13)15/h1-4,10,14H,5-6H2,(H2,13,15). The largest absolute Gasteiger partial charge is 0.433 e. The number of nitrogens with two attached hydrogens (primary N) is 1. The van der Waals surface area contributed by atoms with E-state index in [4.69, 9.17) is 5.73 Å². The maximum Gasteiger partial charge on any atom is 0.387 e. The summed E-state index contributed by atoms with van der Waals surface area (Å²) < 4.78 is 28.3. The molecule has 0 aliphatic heterocycles. The monoisotopic (exact) mass is 230 g/mol. The van der Waals surface area contributed by atoms with Gasteiger partial charge in [0.15, 0.2) is 0 Å². The maximum absolute atomic E-state index is 12.0. The number of alkyl halides is 2. The number of benzene rings is 1. The summed E-state index contributed by atoms with van der Waals surface area (Å²) in [7, 11) is 0. The second kappa shape index (κ2) is 5.89. The molecule has 88 valence electrons. The molecule has 1 aromatic carbocycles. The summed E-state index contributed by atoms with van der Waals surface area (Å²) in [6, 6.07) is 6.25. The molecule has 0 fully saturated rings. The molecule has 0 radical (unpaired) electrons. The highest BCUT2D eigenvalue weighted by Crippen LogP contribution is 2.25. The van der Waals surface area contributed by atoms with Crippen molar-refractivity contribution in [3.05, 3.63) is 24.3 Å². The normalized spacial score (nSPS) is 10.2. The zero-order valence-electron chi connectivity index (χ0n) is 8.45. The lowest BCUT2D eigenvalue weighted by molar-refractivity contribution is -0.117. The summed E-state index contributed by atoms with van der Waals surface area (Å²) in [5.41, 5.74) is 5.35. The van der Waals surface area contributed by atoms with Crippen molar-refractivity contribution in [2.75, 3.05) is 11.9 Å². The Labute approximate surface area is 91.4 Å². The summed E-state index contributed by atoms with van der Waals surface area (Å²) >= 11 is 0. The van der Waals surface area contributed by atoms with E-state index >= 15 is 0 Å². The van der Waals surface area contributed by atoms with Crippen LogP contribution in [-0.4, -0.2) is 19.1 Å². The van der Waals surface area contributed by atoms with Crippen LogP contribution in [0.4, 0.5) is 14.5 Å². The lowest BCUT2D eigenvalue weighted by Gasteiger charge is -2.11. The van der Waals surface area contributed by atoms with E-state index in [2.05, 4.69) is 10.1 Å². The number of halogens is 2. The van der Waals surface area contributed by atoms with Crippen LogP contribution in [0.3, 0.4) is 0 Å². The number of ether oxygens (including phenoxy) is 1. The molecule has 4 nitrogen and oxygen atoms in total. The molecule has 0 aromatic heterocycles. The van der Waals surface area contributed by atoms with Gasteiger partial charge in [0.25, 0.3) is 0 Å². The van der Waals surface area contributed by atoms with Crippen molar-refractivity contribution in [2.24, 2.45) is 5.73 Å². The molecule has 0 heterocycles. The molecule has 0 spiro atoms. The molecule has 1 rings (SSSR count). The number of carbonyl (C=O) groups is 1. The van der Waals surface area contributed by atoms with Crippen LogP contribution in [0.1, 0.15) is 6.42 Å². The molecular formula is C10H12F2N2O2. The van der Waals surface area contributed by atoms with Crippen LogP contribution in [0.5, 0.6) is 5.75 Å². The van der Waals surface area contributed by atoms with Crippen molar-refractivity contribution in [1.29, 1.82) is 0 Å². The topological polar surface area (TPSA) is 64.4 Å². The van der Waals surface area contributed by atoms with Gasteiger partial charge in [-0.2, -0.15) is 8.78 Å². The molecule has 0 saturated heterocycles. The van der Waals surface area contributed by atoms with E-state index in [1.54, 1.807) is 18.2 Å². The molecular weight excluding hydrogens is 218 g/mol. The van der Waals surface area contributed by atoms with Crippen molar-refractivity contribution in [1.82, 2.24) is 0 Å². The molecule has 0 aliphatic rings. The van der Waals surface area contributed by atoms with Gasteiger partial charge in [0.05, 0.1) is 5.69 Å². The lowest BCUT2D eigenvalue weighted by atomic mass is 10.3. The van der Waals surface area contributed by atoms with Gasteiger partial charge in [-0.1, -0.05) is 12.1 Å². The number of anilines is 1. The van der Waals surface area contributed by atoms with Crippen LogP contribution in [0.25, 0.3) is 0 Å². The number of para-hydroxylation sites is 2. The minimum absolute atomic E-state index is 0.0435. The zero-order chi connectivity index (χ0) is 12.0. The first kappa shape index (κ1) is 12.2. The van der Waals surface area contributed by atoms with Crippen molar-refractivity contribution < 1.29 is 18.3 Å². The third-order valence-corrected chi connectivity index (χ3v) is 1.79. The van der Waals surface area contributed by atoms with Gasteiger partial charge in [-0.25, -0.2) is 0 Å². The van der Waals surface area contributed by atoms with Crippen LogP contribution < -0.4 is 15.8 Å². The lowest BCUT2D eigenvalue weighted by Crippen LogP contribution is -2.16. The highest BCUT2D eigenvalue weighted by Gasteiger charge is 2.08. The second-order valence-electron chi connectivity index (χ2n) is 3.02. The average molecular weight is 230 g/mol. The van der Waals surface area contributed by atoms with Gasteiger partial charge in [0.2, 0.25) is 5.91 Å². The van der Waals surface area contributed by atoms with E-state index in [9.17, 15) is 13.6 Å². The first-order valence-electron chi connectivity index (χ1n) is 4.65. The Bertz CT molecular complexity index is 358. The highest BCUT2D eigenvalue weighted by atomic mass is 19.3. The Kier molecular flexibility index (Phi) is 4.50. The van der Waals surface area contributed by atoms with E-state index in [-0.39, 0.29) is 18.7 Å². The fourth-order valence-electron chi connectivity index (χ4n) is 1.13. The van der Waals surface area contributed by atoms with Crippen molar-refractivity contribution >= 4 is 11.6 Å². The van der Waals surface area contributed by atoms with Crippen molar-refractivity contribution in [2.45, 2.75) is 13.0 Å². The first-order chi connectivity index (χ1) is 7.59. The fraction of sp³-hybridized carbons (Fsp3) is 0.300. The van der Waals surface area contributed by atoms with Crippen molar-refractivity contribution in [3.8, 4) is 5.75 Å². The number of hydrogen-bond donors (Lipinski definition) is 2. The fourth-order valence-corrected chi connectivity index (χ4v) is 1.13. The molecule has 6 heteroatoms. The van der Waals surface area contributed by atoms with E-state index in [0.29, 0.717) is 5.69 Å². The molecule has 1 aromatic rings. The van der Waals surface area contributed by atoms with Crippen LogP contribution in [0.15, 0.2) is 24.3 Å². The molecule has 0 saturated carbocycles. The van der Waals surface area contributed by atoms with Crippen LogP contribution in [0, 0.1) is 0 Å². The molecule has 0 bridgehead atoms. The summed E-state index contributed by atoms with van der Waals surface area (Å²) in [5, 5.41) is 2.79. The molecule has 0 unspecified atom stereocenters. The minimum atomic E-state index is -2.88. The molecule has 0 aliphatic carbocycles. The minimum Gasteiger partial charge on any atom is -0.433 e. The Morgan fingerprint density at radius 2 is 2.12 bits per heavy atom. The first-order valence-corrected chi connectivity index (χ1v) is 4.65. The third-order valence-electron chi connectivity index (χ3n) is 1.79. The van der Waals surface area contributed by atoms with Gasteiger partial charge in [0, 0.05) is 13.0 Å². The van der Waals surface area contributed by atoms with Crippen molar-refractivity contribution in [3.63, 3.8) is 0 Å². The predicted molar refractivity (Wildman–Crippen MR) is 55.4 cm³/mol. The van der Waals surface area contributed by atoms with Gasteiger partial charge in [0.1, 0.15) is 5.75 Å². The Balaban J connectivity index is 2.60. The SMILES string of the molecule is NC(=O)CCNc1ccccc1OC(F)F. The molecule has 1 amide bonds. The smallest absolute Gasteiger partial charge is 0.387 e. The number of nitrogens with one attached hydrogen (secondary N) is 1. The summed E-state index contributed by atoms with van der Waals surface area (Å²) in [6.45, 7) is -2.60. The van der Waals surface area contributed by atoms with E-state index in [1.807, 2.05) is 0 Å². The Hall–Kier alpha value is -1.85. The van der Waals surface area contributed by atoms with Gasteiger partial charge in [-0.3, -0.25) is 4.79 Å². The summed E-state index contributed by atoms with van der Waals surface area (Å²) in [5.74, 6) is -0.415. The number of rotatable bonds is 6. The number of hydrogen-bond acceptors (Lipinski definition) is 3. The average Bonchev–Trinajstić information content (AvgIpc) is 2.19. The van der Waals surface area contributed by atoms with E-state index in [0.717, 1.165) is 0 Å². The van der Waals surface area contributed by atoms with Crippen LogP contribution in [0.2, 0.25) is 0 Å². The van der Waals surface area contributed by atoms with Crippen LogP contribution in [-0.2, 0) is 4.79 Å². The Morgan fingerprint density at radius 1 is 1.44 bits per heavy atom. The number of primary amides is 1. The highest BCUT2D eigenvalue weighted by molar-refractivity contribution is 5.74. The van der Waals surface area contributed by atoms with E-state index < -0.39 is 12.5 Å².